The van der Waals surface area contributed by atoms with Crippen LogP contribution in [0.1, 0.15) is 0 Å². The maximum atomic E-state index is 5.14. The van der Waals surface area contributed by atoms with Gasteiger partial charge in [0.25, 0.3) is 0 Å². The van der Waals surface area contributed by atoms with Crippen LogP contribution < -0.4 is 0 Å². The number of hydrogen-bond donors (Lipinski definition) is 0. The second kappa shape index (κ2) is 3.06. The largest absolute Gasteiger partial charge is 0.463 e. The number of aromatic nitrogens is 2. The molecule has 0 fully saturated rings. The van der Waals surface area contributed by atoms with Crippen LogP contribution in [-0.4, -0.2) is 10.2 Å². The topological polar surface area (TPSA) is 38.9 Å². The zero-order valence-electron chi connectivity index (χ0n) is 6.07. The summed E-state index contributed by atoms with van der Waals surface area (Å²) in [5.74, 6) is 0.731. The summed E-state index contributed by atoms with van der Waals surface area (Å²) in [5.41, 5.74) is 0.739. The van der Waals surface area contributed by atoms with E-state index in [1.807, 2.05) is 24.3 Å². The quantitative estimate of drug-likeness (QED) is 0.748. The second-order valence-corrected chi connectivity index (χ2v) is 3.03. The summed E-state index contributed by atoms with van der Waals surface area (Å²) in [7, 11) is 0. The predicted octanol–water partition coefficient (Wildman–Crippen LogP) is 2.50. The highest BCUT2D eigenvalue weighted by Gasteiger charge is 2.01. The number of rotatable bonds is 1. The highest BCUT2D eigenvalue weighted by atomic mass is 79.9. The maximum absolute atomic E-state index is 5.14. The van der Waals surface area contributed by atoms with Gasteiger partial charge in [0, 0.05) is 0 Å². The SMILES string of the molecule is Brc1ccc(-c2ccco2)nn1. The van der Waals surface area contributed by atoms with Crippen LogP contribution in [0.15, 0.2) is 39.5 Å². The zero-order chi connectivity index (χ0) is 8.39. The van der Waals surface area contributed by atoms with Crippen LogP contribution in [0.5, 0.6) is 0 Å². The Bertz CT molecular complexity index is 355. The Labute approximate surface area is 77.6 Å². The number of hydrogen-bond acceptors (Lipinski definition) is 3. The average Bonchev–Trinajstić information content (AvgIpc) is 2.58. The summed E-state index contributed by atoms with van der Waals surface area (Å²) in [6.45, 7) is 0. The Hall–Kier alpha value is -1.16. The molecule has 60 valence electrons. The molecule has 0 N–H and O–H groups in total. The molecule has 0 atom stereocenters. The Balaban J connectivity index is 2.43. The fourth-order valence-electron chi connectivity index (χ4n) is 0.872. The van der Waals surface area contributed by atoms with Gasteiger partial charge in [-0.2, -0.15) is 0 Å². The van der Waals surface area contributed by atoms with Crippen molar-refractivity contribution in [3.63, 3.8) is 0 Å². The molecule has 0 radical (unpaired) electrons. The van der Waals surface area contributed by atoms with Gasteiger partial charge in [0.15, 0.2) is 5.76 Å². The van der Waals surface area contributed by atoms with Gasteiger partial charge in [-0.05, 0) is 40.2 Å². The van der Waals surface area contributed by atoms with E-state index in [1.54, 1.807) is 6.26 Å². The Kier molecular flexibility index (Phi) is 1.91. The Morgan fingerprint density at radius 2 is 2.08 bits per heavy atom. The fraction of sp³-hybridized carbons (Fsp3) is 0. The van der Waals surface area contributed by atoms with Gasteiger partial charge in [-0.3, -0.25) is 0 Å². The Morgan fingerprint density at radius 3 is 2.67 bits per heavy atom. The van der Waals surface area contributed by atoms with Crippen molar-refractivity contribution < 1.29 is 4.42 Å². The molecular formula is C8H5BrN2O. The third kappa shape index (κ3) is 1.38. The zero-order valence-corrected chi connectivity index (χ0v) is 7.65. The van der Waals surface area contributed by atoms with Crippen LogP contribution in [0.2, 0.25) is 0 Å². The average molecular weight is 225 g/mol. The van der Waals surface area contributed by atoms with Crippen LogP contribution in [0.3, 0.4) is 0 Å². The standard InChI is InChI=1S/C8H5BrN2O/c9-8-4-3-6(10-11-8)7-2-1-5-12-7/h1-5H. The summed E-state index contributed by atoms with van der Waals surface area (Å²) in [6, 6.07) is 7.33. The van der Waals surface area contributed by atoms with Crippen LogP contribution in [0.25, 0.3) is 11.5 Å². The van der Waals surface area contributed by atoms with Gasteiger partial charge in [0.1, 0.15) is 10.3 Å². The lowest BCUT2D eigenvalue weighted by atomic mass is 10.3. The van der Waals surface area contributed by atoms with E-state index in [1.165, 1.54) is 0 Å². The first-order chi connectivity index (χ1) is 5.86. The summed E-state index contributed by atoms with van der Waals surface area (Å²) in [6.07, 6.45) is 1.61. The molecule has 2 aromatic heterocycles. The monoisotopic (exact) mass is 224 g/mol. The second-order valence-electron chi connectivity index (χ2n) is 2.22. The van der Waals surface area contributed by atoms with E-state index in [4.69, 9.17) is 4.42 Å². The van der Waals surface area contributed by atoms with E-state index < -0.39 is 0 Å². The first kappa shape index (κ1) is 7.49. The molecule has 0 aliphatic heterocycles. The van der Waals surface area contributed by atoms with Crippen molar-refractivity contribution in [2.24, 2.45) is 0 Å². The molecule has 0 bridgehead atoms. The van der Waals surface area contributed by atoms with E-state index in [-0.39, 0.29) is 0 Å². The number of halogens is 1. The third-order valence-corrected chi connectivity index (χ3v) is 1.83. The molecule has 0 amide bonds. The molecule has 0 aliphatic carbocycles. The molecule has 2 aromatic rings. The van der Waals surface area contributed by atoms with Crippen molar-refractivity contribution in [3.8, 4) is 11.5 Å². The summed E-state index contributed by atoms with van der Waals surface area (Å²) >= 11 is 3.20. The normalized spacial score (nSPS) is 10.1. The molecule has 0 aromatic carbocycles. The molecule has 12 heavy (non-hydrogen) atoms. The van der Waals surface area contributed by atoms with Crippen molar-refractivity contribution in [1.82, 2.24) is 10.2 Å². The van der Waals surface area contributed by atoms with Crippen molar-refractivity contribution in [2.45, 2.75) is 0 Å². The first-order valence-electron chi connectivity index (χ1n) is 3.39. The molecular weight excluding hydrogens is 220 g/mol. The highest BCUT2D eigenvalue weighted by molar-refractivity contribution is 9.10. The molecule has 2 heterocycles. The minimum absolute atomic E-state index is 0.720. The maximum Gasteiger partial charge on any atom is 0.154 e. The predicted molar refractivity (Wildman–Crippen MR) is 47.4 cm³/mol. The van der Waals surface area contributed by atoms with Crippen LogP contribution in [0.4, 0.5) is 0 Å². The summed E-state index contributed by atoms with van der Waals surface area (Å²) in [5, 5.41) is 7.77. The van der Waals surface area contributed by atoms with Gasteiger partial charge in [-0.15, -0.1) is 10.2 Å². The number of nitrogens with zero attached hydrogens (tertiary/aromatic N) is 2. The molecule has 0 saturated carbocycles. The van der Waals surface area contributed by atoms with Gasteiger partial charge in [-0.1, -0.05) is 0 Å². The summed E-state index contributed by atoms with van der Waals surface area (Å²) in [4.78, 5) is 0. The first-order valence-corrected chi connectivity index (χ1v) is 4.19. The van der Waals surface area contributed by atoms with Crippen molar-refractivity contribution >= 4 is 15.9 Å². The van der Waals surface area contributed by atoms with Crippen molar-refractivity contribution in [3.05, 3.63) is 35.1 Å². The van der Waals surface area contributed by atoms with Crippen LogP contribution in [0, 0.1) is 0 Å². The van der Waals surface area contributed by atoms with Gasteiger partial charge in [-0.25, -0.2) is 0 Å². The van der Waals surface area contributed by atoms with Gasteiger partial charge >= 0.3 is 0 Å². The smallest absolute Gasteiger partial charge is 0.154 e. The lowest BCUT2D eigenvalue weighted by Crippen LogP contribution is -1.84. The van der Waals surface area contributed by atoms with Crippen LogP contribution in [-0.2, 0) is 0 Å². The molecule has 0 spiro atoms. The molecule has 3 nitrogen and oxygen atoms in total. The van der Waals surface area contributed by atoms with E-state index in [0.717, 1.165) is 16.1 Å². The lowest BCUT2D eigenvalue weighted by molar-refractivity contribution is 0.578. The molecule has 0 unspecified atom stereocenters. The van der Waals surface area contributed by atoms with Crippen molar-refractivity contribution in [1.29, 1.82) is 0 Å². The Morgan fingerprint density at radius 1 is 1.17 bits per heavy atom. The number of furan rings is 1. The lowest BCUT2D eigenvalue weighted by Gasteiger charge is -1.92. The third-order valence-electron chi connectivity index (χ3n) is 1.41. The molecule has 4 heteroatoms. The summed E-state index contributed by atoms with van der Waals surface area (Å²) < 4.78 is 5.86. The van der Waals surface area contributed by atoms with E-state index in [2.05, 4.69) is 26.1 Å². The van der Waals surface area contributed by atoms with Gasteiger partial charge < -0.3 is 4.42 Å². The minimum Gasteiger partial charge on any atom is -0.463 e. The highest BCUT2D eigenvalue weighted by Crippen LogP contribution is 2.16. The van der Waals surface area contributed by atoms with E-state index in [9.17, 15) is 0 Å². The van der Waals surface area contributed by atoms with Crippen molar-refractivity contribution in [2.75, 3.05) is 0 Å². The van der Waals surface area contributed by atoms with E-state index in [0.29, 0.717) is 0 Å². The molecule has 0 aliphatic rings. The van der Waals surface area contributed by atoms with Crippen LogP contribution >= 0.6 is 15.9 Å². The molecule has 0 saturated heterocycles. The minimum atomic E-state index is 0.720. The molecule has 2 rings (SSSR count). The van der Waals surface area contributed by atoms with E-state index >= 15 is 0 Å². The van der Waals surface area contributed by atoms with Gasteiger partial charge in [0.05, 0.1) is 6.26 Å². The fourth-order valence-corrected chi connectivity index (χ4v) is 1.08. The van der Waals surface area contributed by atoms with Gasteiger partial charge in [0.2, 0.25) is 0 Å².